The number of amides is 2. The number of fused-ring (bicyclic) bond motifs is 1. The lowest BCUT2D eigenvalue weighted by atomic mass is 9.99. The van der Waals surface area contributed by atoms with Crippen LogP contribution >= 0.6 is 0 Å². The summed E-state index contributed by atoms with van der Waals surface area (Å²) in [5.41, 5.74) is 1.30. The highest BCUT2D eigenvalue weighted by molar-refractivity contribution is 5.83. The van der Waals surface area contributed by atoms with Crippen LogP contribution in [0.1, 0.15) is 31.1 Å². The molecule has 6 nitrogen and oxygen atoms in total. The van der Waals surface area contributed by atoms with Gasteiger partial charge in [0.05, 0.1) is 7.11 Å². The van der Waals surface area contributed by atoms with Crippen molar-refractivity contribution in [1.29, 1.82) is 0 Å². The third kappa shape index (κ3) is 3.67. The zero-order valence-electron chi connectivity index (χ0n) is 15.8. The van der Waals surface area contributed by atoms with Gasteiger partial charge in [-0.15, -0.1) is 0 Å². The average molecular weight is 373 g/mol. The fourth-order valence-corrected chi connectivity index (χ4v) is 3.49. The lowest BCUT2D eigenvalue weighted by Crippen LogP contribution is -2.49. The molecule has 1 aliphatic heterocycles. The maximum absolute atomic E-state index is 14.6. The molecule has 0 spiro atoms. The highest BCUT2D eigenvalue weighted by Crippen LogP contribution is 2.33. The molecule has 27 heavy (non-hydrogen) atoms. The number of halogens is 1. The molecule has 0 bridgehead atoms. The Morgan fingerprint density at radius 2 is 1.96 bits per heavy atom. The van der Waals surface area contributed by atoms with Crippen molar-refractivity contribution in [2.24, 2.45) is 0 Å². The quantitative estimate of drug-likeness (QED) is 0.828. The number of carbonyl (C=O) groups is 2. The molecule has 2 aromatic rings. The second-order valence-corrected chi connectivity index (χ2v) is 6.83. The van der Waals surface area contributed by atoms with E-state index in [0.29, 0.717) is 18.7 Å². The molecule has 0 fully saturated rings. The molecule has 0 N–H and O–H groups in total. The summed E-state index contributed by atoms with van der Waals surface area (Å²) in [7, 11) is 1.29. The van der Waals surface area contributed by atoms with Crippen LogP contribution < -0.4 is 0 Å². The number of rotatable bonds is 4. The molecule has 2 amide bonds. The molecule has 0 radical (unpaired) electrons. The van der Waals surface area contributed by atoms with Crippen LogP contribution in [0, 0.1) is 5.82 Å². The van der Waals surface area contributed by atoms with Crippen LogP contribution in [0.15, 0.2) is 42.6 Å². The number of benzene rings is 1. The molecule has 0 saturated carbocycles. The number of methoxy groups -OCH3 is 1. The van der Waals surface area contributed by atoms with Crippen LogP contribution in [0.2, 0.25) is 0 Å². The number of hydrogen-bond donors (Lipinski definition) is 0. The Morgan fingerprint density at radius 3 is 2.63 bits per heavy atom. The Kier molecular flexibility index (Phi) is 5.48. The molecule has 1 atom stereocenters. The van der Waals surface area contributed by atoms with Crippen molar-refractivity contribution < 1.29 is 18.7 Å². The summed E-state index contributed by atoms with van der Waals surface area (Å²) in [6.07, 6.45) is 1.38. The third-order valence-corrected chi connectivity index (χ3v) is 4.90. The minimum Gasteiger partial charge on any atom is -0.453 e. The van der Waals surface area contributed by atoms with Crippen LogP contribution in [0.4, 0.5) is 9.18 Å². The molecule has 0 unspecified atom stereocenters. The lowest BCUT2D eigenvalue weighted by molar-refractivity contribution is -0.135. The Hall–Kier alpha value is -2.83. The van der Waals surface area contributed by atoms with Crippen LogP contribution in [0.5, 0.6) is 0 Å². The van der Waals surface area contributed by atoms with Gasteiger partial charge in [-0.25, -0.2) is 9.18 Å². The van der Waals surface area contributed by atoms with Gasteiger partial charge in [-0.1, -0.05) is 18.2 Å². The van der Waals surface area contributed by atoms with E-state index in [4.69, 9.17) is 4.74 Å². The standard InChI is InChI=1S/C20H24FN3O3/c1-14(2)24(20(26)27-3)13-18(25)23-12-11-22-10-6-9-17(22)19(23)15-7-4-5-8-16(15)21/h4-10,14,19H,11-13H2,1-3H3/t19-/m1/s1. The highest BCUT2D eigenvalue weighted by atomic mass is 19.1. The molecular formula is C20H24FN3O3. The van der Waals surface area contributed by atoms with E-state index in [9.17, 15) is 14.0 Å². The Labute approximate surface area is 158 Å². The van der Waals surface area contributed by atoms with Crippen molar-refractivity contribution in [2.75, 3.05) is 20.2 Å². The topological polar surface area (TPSA) is 54.8 Å². The fourth-order valence-electron chi connectivity index (χ4n) is 3.49. The molecule has 1 aromatic heterocycles. The van der Waals surface area contributed by atoms with Gasteiger partial charge < -0.3 is 14.2 Å². The van der Waals surface area contributed by atoms with E-state index >= 15 is 0 Å². The van der Waals surface area contributed by atoms with Crippen LogP contribution in [0.25, 0.3) is 0 Å². The van der Waals surface area contributed by atoms with Gasteiger partial charge in [-0.05, 0) is 32.0 Å². The molecule has 1 aromatic carbocycles. The first-order valence-corrected chi connectivity index (χ1v) is 8.97. The summed E-state index contributed by atoms with van der Waals surface area (Å²) in [6.45, 7) is 4.58. The average Bonchev–Trinajstić information content (AvgIpc) is 3.13. The van der Waals surface area contributed by atoms with Gasteiger partial charge in [0.1, 0.15) is 18.4 Å². The normalized spacial score (nSPS) is 16.2. The number of nitrogens with zero attached hydrogens (tertiary/aromatic N) is 3. The van der Waals surface area contributed by atoms with Crippen molar-refractivity contribution in [3.05, 3.63) is 59.7 Å². The molecule has 1 aliphatic rings. The molecule has 7 heteroatoms. The number of ether oxygens (including phenoxy) is 1. The zero-order valence-corrected chi connectivity index (χ0v) is 15.8. The number of aromatic nitrogens is 1. The maximum atomic E-state index is 14.6. The van der Waals surface area contributed by atoms with Gasteiger partial charge in [0.2, 0.25) is 5.91 Å². The van der Waals surface area contributed by atoms with Crippen molar-refractivity contribution in [3.8, 4) is 0 Å². The van der Waals surface area contributed by atoms with E-state index in [0.717, 1.165) is 5.69 Å². The Balaban J connectivity index is 1.95. The molecule has 0 aliphatic carbocycles. The van der Waals surface area contributed by atoms with E-state index in [1.807, 2.05) is 36.7 Å². The highest BCUT2D eigenvalue weighted by Gasteiger charge is 2.35. The largest absolute Gasteiger partial charge is 0.453 e. The Bertz CT molecular complexity index is 833. The van der Waals surface area contributed by atoms with E-state index in [1.165, 1.54) is 18.1 Å². The predicted molar refractivity (Wildman–Crippen MR) is 98.6 cm³/mol. The van der Waals surface area contributed by atoms with Crippen molar-refractivity contribution in [2.45, 2.75) is 32.5 Å². The van der Waals surface area contributed by atoms with Gasteiger partial charge in [0.25, 0.3) is 0 Å². The van der Waals surface area contributed by atoms with Crippen molar-refractivity contribution in [1.82, 2.24) is 14.4 Å². The van der Waals surface area contributed by atoms with E-state index in [-0.39, 0.29) is 24.3 Å². The van der Waals surface area contributed by atoms with Gasteiger partial charge in [-0.2, -0.15) is 0 Å². The maximum Gasteiger partial charge on any atom is 0.410 e. The smallest absolute Gasteiger partial charge is 0.410 e. The zero-order chi connectivity index (χ0) is 19.6. The van der Waals surface area contributed by atoms with Crippen molar-refractivity contribution >= 4 is 12.0 Å². The summed E-state index contributed by atoms with van der Waals surface area (Å²) in [6, 6.07) is 9.56. The number of carbonyl (C=O) groups excluding carboxylic acids is 2. The van der Waals surface area contributed by atoms with E-state index < -0.39 is 12.1 Å². The predicted octanol–water partition coefficient (Wildman–Crippen LogP) is 3.04. The number of hydrogen-bond acceptors (Lipinski definition) is 3. The van der Waals surface area contributed by atoms with Crippen LogP contribution in [-0.2, 0) is 16.1 Å². The molecule has 144 valence electrons. The molecule has 0 saturated heterocycles. The minimum absolute atomic E-state index is 0.115. The van der Waals surface area contributed by atoms with Gasteiger partial charge >= 0.3 is 6.09 Å². The van der Waals surface area contributed by atoms with Gasteiger partial charge in [0, 0.05) is 36.6 Å². The third-order valence-electron chi connectivity index (χ3n) is 4.90. The van der Waals surface area contributed by atoms with Crippen LogP contribution in [-0.4, -0.2) is 52.6 Å². The van der Waals surface area contributed by atoms with Crippen molar-refractivity contribution in [3.63, 3.8) is 0 Å². The van der Waals surface area contributed by atoms with Gasteiger partial charge in [0.15, 0.2) is 0 Å². The summed E-state index contributed by atoms with van der Waals surface area (Å²) in [5, 5.41) is 0. The summed E-state index contributed by atoms with van der Waals surface area (Å²) < 4.78 is 21.4. The first-order valence-electron chi connectivity index (χ1n) is 8.97. The van der Waals surface area contributed by atoms with Crippen LogP contribution in [0.3, 0.4) is 0 Å². The molecule has 3 rings (SSSR count). The first-order chi connectivity index (χ1) is 12.9. The summed E-state index contributed by atoms with van der Waals surface area (Å²) in [5.74, 6) is -0.599. The van der Waals surface area contributed by atoms with Gasteiger partial charge in [-0.3, -0.25) is 9.69 Å². The first kappa shape index (κ1) is 18.9. The fraction of sp³-hybridized carbons (Fsp3) is 0.400. The second kappa shape index (κ2) is 7.82. The molecular weight excluding hydrogens is 349 g/mol. The SMILES string of the molecule is COC(=O)N(CC(=O)N1CCn2cccc2[C@H]1c1ccccc1F)C(C)C. The van der Waals surface area contributed by atoms with E-state index in [1.54, 1.807) is 23.1 Å². The second-order valence-electron chi connectivity index (χ2n) is 6.83. The summed E-state index contributed by atoms with van der Waals surface area (Å²) in [4.78, 5) is 28.1. The minimum atomic E-state index is -0.554. The lowest BCUT2D eigenvalue weighted by Gasteiger charge is -2.38. The summed E-state index contributed by atoms with van der Waals surface area (Å²) >= 11 is 0. The Morgan fingerprint density at radius 1 is 1.22 bits per heavy atom. The van der Waals surface area contributed by atoms with E-state index in [2.05, 4.69) is 0 Å². The molecule has 2 heterocycles. The monoisotopic (exact) mass is 373 g/mol.